The van der Waals surface area contributed by atoms with Crippen LogP contribution in [0.2, 0.25) is 0 Å². The summed E-state index contributed by atoms with van der Waals surface area (Å²) in [7, 11) is 0. The Hall–Kier alpha value is -2.73. The molecule has 1 aromatic heterocycles. The van der Waals surface area contributed by atoms with Crippen LogP contribution in [0.15, 0.2) is 47.5 Å². The first-order valence-electron chi connectivity index (χ1n) is 9.97. The maximum Gasteiger partial charge on any atom is 0.326 e. The van der Waals surface area contributed by atoms with Gasteiger partial charge in [-0.1, -0.05) is 55.4 Å². The molecule has 0 saturated carbocycles. The molecule has 0 aliphatic rings. The number of amides is 1. The van der Waals surface area contributed by atoms with Gasteiger partial charge in [0.1, 0.15) is 6.04 Å². The molecule has 1 heterocycles. The van der Waals surface area contributed by atoms with Crippen molar-refractivity contribution >= 4 is 33.4 Å². The molecule has 1 amide bonds. The smallest absolute Gasteiger partial charge is 0.326 e. The van der Waals surface area contributed by atoms with E-state index in [1.54, 1.807) is 16.7 Å². The first kappa shape index (κ1) is 21.0. The number of aromatic nitrogens is 1. The number of hydrogen-bond donors (Lipinski definition) is 1. The Labute approximate surface area is 174 Å². The van der Waals surface area contributed by atoms with Crippen LogP contribution in [0.5, 0.6) is 0 Å². The van der Waals surface area contributed by atoms with Gasteiger partial charge in [0, 0.05) is 5.56 Å². The van der Waals surface area contributed by atoms with Crippen LogP contribution in [0, 0.1) is 6.92 Å². The molecule has 6 heteroatoms. The van der Waals surface area contributed by atoms with E-state index in [1.807, 2.05) is 38.1 Å². The summed E-state index contributed by atoms with van der Waals surface area (Å²) >= 11 is 1.37. The Morgan fingerprint density at radius 1 is 1.14 bits per heavy atom. The topological polar surface area (TPSA) is 71.7 Å². The molecule has 0 aliphatic heterocycles. The number of hydrogen-bond acceptors (Lipinski definition) is 3. The van der Waals surface area contributed by atoms with E-state index in [4.69, 9.17) is 0 Å². The molecule has 29 heavy (non-hydrogen) atoms. The van der Waals surface area contributed by atoms with Crippen LogP contribution in [-0.2, 0) is 11.2 Å². The summed E-state index contributed by atoms with van der Waals surface area (Å²) in [5.74, 6) is -1.29. The third-order valence-electron chi connectivity index (χ3n) is 4.99. The van der Waals surface area contributed by atoms with Crippen molar-refractivity contribution in [1.82, 2.24) is 4.57 Å². The van der Waals surface area contributed by atoms with Crippen LogP contribution in [0.4, 0.5) is 0 Å². The van der Waals surface area contributed by atoms with E-state index in [0.717, 1.165) is 35.0 Å². The van der Waals surface area contributed by atoms with E-state index in [1.165, 1.54) is 16.9 Å². The molecule has 5 nitrogen and oxygen atoms in total. The predicted molar refractivity (Wildman–Crippen MR) is 116 cm³/mol. The molecule has 3 rings (SSSR count). The Bertz CT molecular complexity index is 1090. The number of carbonyl (C=O) groups is 2. The quantitative estimate of drug-likeness (QED) is 0.587. The summed E-state index contributed by atoms with van der Waals surface area (Å²) < 4.78 is 2.65. The SMILES string of the molecule is CCCCc1ccc2c(c1)s/c(=N\C(=O)c1ccc(C)cc1)n2C(CC)C(=O)O. The molecule has 3 aromatic rings. The summed E-state index contributed by atoms with van der Waals surface area (Å²) in [6, 6.07) is 12.6. The first-order valence-corrected chi connectivity index (χ1v) is 10.8. The fraction of sp³-hybridized carbons (Fsp3) is 0.348. The van der Waals surface area contributed by atoms with Gasteiger partial charge in [-0.3, -0.25) is 4.79 Å². The van der Waals surface area contributed by atoms with Crippen LogP contribution < -0.4 is 4.80 Å². The first-order chi connectivity index (χ1) is 13.9. The summed E-state index contributed by atoms with van der Waals surface area (Å²) in [5.41, 5.74) is 3.58. The third-order valence-corrected chi connectivity index (χ3v) is 6.01. The summed E-state index contributed by atoms with van der Waals surface area (Å²) in [5, 5.41) is 9.74. The van der Waals surface area contributed by atoms with Gasteiger partial charge < -0.3 is 9.67 Å². The lowest BCUT2D eigenvalue weighted by Crippen LogP contribution is -2.27. The number of carboxylic acid groups (broad SMARTS) is 1. The van der Waals surface area contributed by atoms with Crippen molar-refractivity contribution in [2.75, 3.05) is 0 Å². The Kier molecular flexibility index (Phi) is 6.64. The third kappa shape index (κ3) is 4.65. The number of aliphatic carboxylic acids is 1. The highest BCUT2D eigenvalue weighted by atomic mass is 32.1. The number of thiazole rings is 1. The summed E-state index contributed by atoms with van der Waals surface area (Å²) in [6.45, 7) is 5.95. The van der Waals surface area contributed by atoms with E-state index in [0.29, 0.717) is 16.8 Å². The minimum absolute atomic E-state index is 0.364. The van der Waals surface area contributed by atoms with Gasteiger partial charge in [0.25, 0.3) is 5.91 Å². The molecule has 1 N–H and O–H groups in total. The van der Waals surface area contributed by atoms with Crippen LogP contribution in [0.3, 0.4) is 0 Å². The van der Waals surface area contributed by atoms with Crippen LogP contribution in [0.1, 0.15) is 60.6 Å². The van der Waals surface area contributed by atoms with Crippen LogP contribution >= 0.6 is 11.3 Å². The Morgan fingerprint density at radius 2 is 1.86 bits per heavy atom. The van der Waals surface area contributed by atoms with E-state index in [2.05, 4.69) is 18.0 Å². The van der Waals surface area contributed by atoms with E-state index in [-0.39, 0.29) is 5.91 Å². The largest absolute Gasteiger partial charge is 0.480 e. The number of fused-ring (bicyclic) bond motifs is 1. The molecule has 0 spiro atoms. The highest BCUT2D eigenvalue weighted by Gasteiger charge is 2.22. The van der Waals surface area contributed by atoms with Crippen molar-refractivity contribution in [3.05, 3.63) is 64.0 Å². The monoisotopic (exact) mass is 410 g/mol. The van der Waals surface area contributed by atoms with Crippen LogP contribution in [0.25, 0.3) is 10.2 Å². The molecule has 1 atom stereocenters. The Balaban J connectivity index is 2.16. The molecule has 0 radical (unpaired) electrons. The summed E-state index contributed by atoms with van der Waals surface area (Å²) in [4.78, 5) is 29.3. The van der Waals surface area contributed by atoms with Gasteiger partial charge in [-0.25, -0.2) is 4.79 Å². The lowest BCUT2D eigenvalue weighted by atomic mass is 10.1. The van der Waals surface area contributed by atoms with Crippen molar-refractivity contribution < 1.29 is 14.7 Å². The maximum atomic E-state index is 12.7. The molecule has 152 valence electrons. The van der Waals surface area contributed by atoms with Crippen molar-refractivity contribution in [2.45, 2.75) is 52.5 Å². The van der Waals surface area contributed by atoms with Crippen molar-refractivity contribution in [3.63, 3.8) is 0 Å². The number of unbranched alkanes of at least 4 members (excludes halogenated alkanes) is 1. The fourth-order valence-electron chi connectivity index (χ4n) is 3.32. The van der Waals surface area contributed by atoms with Gasteiger partial charge in [0.15, 0.2) is 4.80 Å². The zero-order valence-electron chi connectivity index (χ0n) is 17.0. The molecular weight excluding hydrogens is 384 g/mol. The highest BCUT2D eigenvalue weighted by molar-refractivity contribution is 7.16. The fourth-order valence-corrected chi connectivity index (χ4v) is 4.45. The van der Waals surface area contributed by atoms with Gasteiger partial charge in [-0.2, -0.15) is 4.99 Å². The van der Waals surface area contributed by atoms with E-state index in [9.17, 15) is 14.7 Å². The second-order valence-corrected chi connectivity index (χ2v) is 8.21. The second kappa shape index (κ2) is 9.18. The highest BCUT2D eigenvalue weighted by Crippen LogP contribution is 2.25. The van der Waals surface area contributed by atoms with Gasteiger partial charge in [0.2, 0.25) is 0 Å². The average Bonchev–Trinajstić information content (AvgIpc) is 3.04. The number of carboxylic acids is 1. The van der Waals surface area contributed by atoms with Crippen molar-refractivity contribution in [2.24, 2.45) is 4.99 Å². The number of nitrogens with zero attached hydrogens (tertiary/aromatic N) is 2. The molecular formula is C23H26N2O3S. The van der Waals surface area contributed by atoms with E-state index >= 15 is 0 Å². The molecule has 0 aliphatic carbocycles. The van der Waals surface area contributed by atoms with Gasteiger partial charge in [0.05, 0.1) is 10.2 Å². The molecule has 1 unspecified atom stereocenters. The zero-order valence-corrected chi connectivity index (χ0v) is 17.8. The molecule has 0 fully saturated rings. The molecule has 0 bridgehead atoms. The predicted octanol–water partition coefficient (Wildman–Crippen LogP) is 5.13. The number of rotatable bonds is 7. The number of aryl methyl sites for hydroxylation is 2. The van der Waals surface area contributed by atoms with Gasteiger partial charge >= 0.3 is 5.97 Å². The van der Waals surface area contributed by atoms with Gasteiger partial charge in [-0.15, -0.1) is 0 Å². The normalized spacial score (nSPS) is 13.0. The maximum absolute atomic E-state index is 12.7. The summed E-state index contributed by atoms with van der Waals surface area (Å²) in [6.07, 6.45) is 3.61. The van der Waals surface area contributed by atoms with Crippen molar-refractivity contribution in [1.29, 1.82) is 0 Å². The minimum atomic E-state index is -0.925. The number of carbonyl (C=O) groups excluding carboxylic acids is 1. The lowest BCUT2D eigenvalue weighted by molar-refractivity contribution is -0.140. The Morgan fingerprint density at radius 3 is 2.48 bits per heavy atom. The number of benzene rings is 2. The standard InChI is InChI=1S/C23H26N2O3S/c1-4-6-7-16-10-13-19-20(14-16)29-23(25(19)18(5-2)22(27)28)24-21(26)17-11-8-15(3)9-12-17/h8-14,18H,4-7H2,1-3H3,(H,27,28)/b24-23-. The average molecular weight is 411 g/mol. The zero-order chi connectivity index (χ0) is 21.0. The van der Waals surface area contributed by atoms with Crippen molar-refractivity contribution in [3.8, 4) is 0 Å². The van der Waals surface area contributed by atoms with Gasteiger partial charge in [-0.05, 0) is 56.0 Å². The lowest BCUT2D eigenvalue weighted by Gasteiger charge is -2.13. The van der Waals surface area contributed by atoms with Crippen LogP contribution in [-0.4, -0.2) is 21.6 Å². The molecule has 0 saturated heterocycles. The van der Waals surface area contributed by atoms with E-state index < -0.39 is 12.0 Å². The minimum Gasteiger partial charge on any atom is -0.480 e. The second-order valence-electron chi connectivity index (χ2n) is 7.21. The molecule has 2 aromatic carbocycles.